The lowest BCUT2D eigenvalue weighted by Gasteiger charge is -2.64. The molecule has 0 aromatic carbocycles. The second-order valence-electron chi connectivity index (χ2n) is 13.9. The summed E-state index contributed by atoms with van der Waals surface area (Å²) >= 11 is 0. The van der Waals surface area contributed by atoms with Gasteiger partial charge >= 0.3 is 11.9 Å². The van der Waals surface area contributed by atoms with Crippen LogP contribution in [0, 0.1) is 39.9 Å². The van der Waals surface area contributed by atoms with Crippen molar-refractivity contribution in [3.8, 4) is 0 Å². The molecule has 0 aromatic heterocycles. The predicted octanol–water partition coefficient (Wildman–Crippen LogP) is 4.54. The Hall–Kier alpha value is -1.40. The van der Waals surface area contributed by atoms with Crippen molar-refractivity contribution < 1.29 is 24.2 Å². The highest BCUT2D eigenvalue weighted by atomic mass is 16.5. The number of carbonyl (C=O) groups is 2. The van der Waals surface area contributed by atoms with Gasteiger partial charge in [-0.2, -0.15) is 0 Å². The summed E-state index contributed by atoms with van der Waals surface area (Å²) in [6, 6.07) is -0.112. The number of esters is 2. The standard InChI is InChI=1S/C30H45NO5/c1-27(12-11-25(32)35-18-27)24-10-15-30(34)22-7-6-19-17-20(36-26(33)23-5-4-16-31-23)8-13-28(19,2)21(22)9-14-29(24,30)3/h11-12,19-24,31,34H,4-10,13-18H2,1-3H3/t19-,20+,21+,22-,23?,24-,27?,28+,29-,30+/m1/s1. The zero-order valence-corrected chi connectivity index (χ0v) is 22.4. The molecule has 2 N–H and O–H groups in total. The molecule has 36 heavy (non-hydrogen) atoms. The summed E-state index contributed by atoms with van der Waals surface area (Å²) in [5.74, 6) is 1.42. The normalized spacial score (nSPS) is 52.2. The van der Waals surface area contributed by atoms with Crippen molar-refractivity contribution in [2.45, 2.75) is 109 Å². The van der Waals surface area contributed by atoms with Gasteiger partial charge in [0.2, 0.25) is 0 Å². The Balaban J connectivity index is 1.18. The first kappa shape index (κ1) is 24.9. The number of carbonyl (C=O) groups excluding carboxylic acids is 2. The number of aliphatic hydroxyl groups is 1. The van der Waals surface area contributed by atoms with Crippen LogP contribution in [0.25, 0.3) is 0 Å². The van der Waals surface area contributed by atoms with Crippen LogP contribution in [-0.2, 0) is 19.1 Å². The van der Waals surface area contributed by atoms with Crippen molar-refractivity contribution in [3.05, 3.63) is 12.2 Å². The number of hydrogen-bond donors (Lipinski definition) is 2. The summed E-state index contributed by atoms with van der Waals surface area (Å²) in [6.07, 6.45) is 14.9. The van der Waals surface area contributed by atoms with Gasteiger partial charge in [0.1, 0.15) is 18.8 Å². The zero-order chi connectivity index (χ0) is 25.3. The van der Waals surface area contributed by atoms with E-state index < -0.39 is 5.60 Å². The highest BCUT2D eigenvalue weighted by Gasteiger charge is 2.69. The first-order valence-electron chi connectivity index (χ1n) is 14.6. The van der Waals surface area contributed by atoms with Gasteiger partial charge in [-0.3, -0.25) is 4.79 Å². The van der Waals surface area contributed by atoms with Crippen molar-refractivity contribution in [2.24, 2.45) is 39.9 Å². The van der Waals surface area contributed by atoms with E-state index in [2.05, 4.69) is 32.2 Å². The average Bonchev–Trinajstić information content (AvgIpc) is 3.48. The van der Waals surface area contributed by atoms with E-state index in [0.29, 0.717) is 30.3 Å². The second-order valence-corrected chi connectivity index (χ2v) is 13.9. The molecule has 6 heteroatoms. The van der Waals surface area contributed by atoms with Crippen LogP contribution in [0.4, 0.5) is 0 Å². The summed E-state index contributed by atoms with van der Waals surface area (Å²) in [4.78, 5) is 24.3. The summed E-state index contributed by atoms with van der Waals surface area (Å²) in [5, 5.41) is 15.8. The highest BCUT2D eigenvalue weighted by Crippen LogP contribution is 2.71. The molecular weight excluding hydrogens is 454 g/mol. The van der Waals surface area contributed by atoms with Gasteiger partial charge in [-0.05, 0) is 106 Å². The number of nitrogens with one attached hydrogen (secondary N) is 1. The molecule has 0 aromatic rings. The Bertz CT molecular complexity index is 944. The first-order valence-corrected chi connectivity index (χ1v) is 14.6. The minimum Gasteiger partial charge on any atom is -0.462 e. The van der Waals surface area contributed by atoms with Crippen molar-refractivity contribution in [2.75, 3.05) is 13.2 Å². The molecule has 2 unspecified atom stereocenters. The van der Waals surface area contributed by atoms with Gasteiger partial charge in [0.25, 0.3) is 0 Å². The molecule has 0 amide bonds. The van der Waals surface area contributed by atoms with Crippen LogP contribution in [0.3, 0.4) is 0 Å². The zero-order valence-electron chi connectivity index (χ0n) is 22.4. The molecule has 6 rings (SSSR count). The lowest BCUT2D eigenvalue weighted by Crippen LogP contribution is -2.63. The fourth-order valence-corrected chi connectivity index (χ4v) is 10.3. The predicted molar refractivity (Wildman–Crippen MR) is 136 cm³/mol. The Morgan fingerprint density at radius 2 is 1.89 bits per heavy atom. The molecule has 2 heterocycles. The van der Waals surface area contributed by atoms with E-state index in [4.69, 9.17) is 9.47 Å². The van der Waals surface area contributed by atoms with E-state index in [0.717, 1.165) is 77.2 Å². The minimum absolute atomic E-state index is 0.0445. The van der Waals surface area contributed by atoms with Gasteiger partial charge in [0.05, 0.1) is 5.60 Å². The topological polar surface area (TPSA) is 84.9 Å². The maximum atomic E-state index is 12.6. The summed E-state index contributed by atoms with van der Waals surface area (Å²) in [6.45, 7) is 8.36. The van der Waals surface area contributed by atoms with E-state index in [9.17, 15) is 14.7 Å². The average molecular weight is 500 g/mol. The molecule has 1 saturated heterocycles. The highest BCUT2D eigenvalue weighted by molar-refractivity contribution is 5.83. The monoisotopic (exact) mass is 499 g/mol. The van der Waals surface area contributed by atoms with Crippen LogP contribution in [0.5, 0.6) is 0 Å². The molecule has 10 atom stereocenters. The largest absolute Gasteiger partial charge is 0.462 e. The molecule has 2 aliphatic heterocycles. The smallest absolute Gasteiger partial charge is 0.330 e. The Morgan fingerprint density at radius 3 is 2.61 bits per heavy atom. The van der Waals surface area contributed by atoms with E-state index >= 15 is 0 Å². The molecule has 0 radical (unpaired) electrons. The van der Waals surface area contributed by atoms with Crippen molar-refractivity contribution >= 4 is 11.9 Å². The van der Waals surface area contributed by atoms with E-state index in [1.54, 1.807) is 6.08 Å². The molecular formula is C30H45NO5. The lowest BCUT2D eigenvalue weighted by molar-refractivity contribution is -0.218. The van der Waals surface area contributed by atoms with Crippen molar-refractivity contribution in [3.63, 3.8) is 0 Å². The maximum absolute atomic E-state index is 12.6. The van der Waals surface area contributed by atoms with Crippen LogP contribution in [0.15, 0.2) is 12.2 Å². The Morgan fingerprint density at radius 1 is 1.06 bits per heavy atom. The minimum atomic E-state index is -0.662. The Kier molecular flexibility index (Phi) is 5.92. The fraction of sp³-hybridized carbons (Fsp3) is 0.867. The second kappa shape index (κ2) is 8.56. The van der Waals surface area contributed by atoms with Gasteiger partial charge in [-0.15, -0.1) is 0 Å². The molecule has 0 bridgehead atoms. The van der Waals surface area contributed by atoms with Crippen molar-refractivity contribution in [1.82, 2.24) is 5.32 Å². The SMILES string of the molecule is CC1([C@H]2CC[C@]3(O)[C@@H]4CC[C@@H]5C[C@@H](OC(=O)C6CCCN6)CC[C@]5(C)[C@H]4CC[C@]23C)C=CC(=O)OC1. The molecule has 6 nitrogen and oxygen atoms in total. The van der Waals surface area contributed by atoms with Gasteiger partial charge in [0, 0.05) is 16.9 Å². The third-order valence-electron chi connectivity index (χ3n) is 12.4. The van der Waals surface area contributed by atoms with Gasteiger partial charge in [-0.25, -0.2) is 4.79 Å². The molecule has 5 fully saturated rings. The van der Waals surface area contributed by atoms with E-state index in [1.807, 2.05) is 0 Å². The van der Waals surface area contributed by atoms with Crippen molar-refractivity contribution in [1.29, 1.82) is 0 Å². The number of fused-ring (bicyclic) bond motifs is 5. The molecule has 200 valence electrons. The summed E-state index contributed by atoms with van der Waals surface area (Å²) in [5.41, 5.74) is -0.834. The van der Waals surface area contributed by atoms with E-state index in [-0.39, 0.29) is 40.3 Å². The number of hydrogen-bond acceptors (Lipinski definition) is 6. The third-order valence-corrected chi connectivity index (χ3v) is 12.4. The number of cyclic esters (lactones) is 1. The van der Waals surface area contributed by atoms with Crippen LogP contribution in [0.2, 0.25) is 0 Å². The number of rotatable bonds is 3. The van der Waals surface area contributed by atoms with Crippen LogP contribution < -0.4 is 5.32 Å². The fourth-order valence-electron chi connectivity index (χ4n) is 10.3. The van der Waals surface area contributed by atoms with Crippen LogP contribution in [0.1, 0.15) is 91.4 Å². The molecule has 6 aliphatic rings. The molecule has 4 saturated carbocycles. The lowest BCUT2D eigenvalue weighted by atomic mass is 9.42. The number of ether oxygens (including phenoxy) is 2. The van der Waals surface area contributed by atoms with Crippen LogP contribution in [-0.4, -0.2) is 47.9 Å². The van der Waals surface area contributed by atoms with Gasteiger partial charge < -0.3 is 19.9 Å². The van der Waals surface area contributed by atoms with Gasteiger partial charge in [-0.1, -0.05) is 26.8 Å². The first-order chi connectivity index (χ1) is 17.1. The maximum Gasteiger partial charge on any atom is 0.330 e. The van der Waals surface area contributed by atoms with Crippen LogP contribution >= 0.6 is 0 Å². The summed E-state index contributed by atoms with van der Waals surface area (Å²) in [7, 11) is 0. The molecule has 4 aliphatic carbocycles. The van der Waals surface area contributed by atoms with Gasteiger partial charge in [0.15, 0.2) is 0 Å². The third kappa shape index (κ3) is 3.56. The Labute approximate surface area is 215 Å². The summed E-state index contributed by atoms with van der Waals surface area (Å²) < 4.78 is 11.5. The van der Waals surface area contributed by atoms with E-state index in [1.165, 1.54) is 0 Å². The molecule has 0 spiro atoms. The quantitative estimate of drug-likeness (QED) is 0.555.